The van der Waals surface area contributed by atoms with Crippen LogP contribution in [0.2, 0.25) is 0 Å². The molecular weight excluding hydrogens is 315 g/mol. The highest BCUT2D eigenvalue weighted by Gasteiger charge is 2.34. The minimum absolute atomic E-state index is 0.0124. The third-order valence-electron chi connectivity index (χ3n) is 3.57. The first-order valence-electron chi connectivity index (χ1n) is 7.58. The number of urea groups is 1. The average Bonchev–Trinajstić information content (AvgIpc) is 3.30. The monoisotopic (exact) mass is 332 g/mol. The van der Waals surface area contributed by atoms with Crippen LogP contribution in [-0.4, -0.2) is 34.6 Å². The van der Waals surface area contributed by atoms with Gasteiger partial charge in [-0.1, -0.05) is 17.3 Å². The Hall–Kier alpha value is -2.90. The molecule has 0 aliphatic heterocycles. The van der Waals surface area contributed by atoms with Gasteiger partial charge in [-0.25, -0.2) is 9.18 Å². The van der Waals surface area contributed by atoms with Gasteiger partial charge in [-0.15, -0.1) is 0 Å². The van der Waals surface area contributed by atoms with E-state index in [9.17, 15) is 14.0 Å². The smallest absolute Gasteiger partial charge is 0.322 e. The van der Waals surface area contributed by atoms with Gasteiger partial charge in [-0.3, -0.25) is 4.79 Å². The Balaban J connectivity index is 1.63. The molecule has 0 bridgehead atoms. The van der Waals surface area contributed by atoms with E-state index in [1.165, 1.54) is 23.1 Å². The van der Waals surface area contributed by atoms with Crippen molar-refractivity contribution in [1.82, 2.24) is 10.1 Å². The molecule has 0 radical (unpaired) electrons. The average molecular weight is 332 g/mol. The molecule has 0 atom stereocenters. The summed E-state index contributed by atoms with van der Waals surface area (Å²) in [6, 6.07) is 6.96. The van der Waals surface area contributed by atoms with E-state index in [1.807, 2.05) is 0 Å². The van der Waals surface area contributed by atoms with Gasteiger partial charge >= 0.3 is 6.03 Å². The molecule has 0 unspecified atom stereocenters. The summed E-state index contributed by atoms with van der Waals surface area (Å²) in [6.07, 6.45) is 1.64. The molecule has 2 N–H and O–H groups in total. The molecule has 3 rings (SSSR count). The third-order valence-corrected chi connectivity index (χ3v) is 3.57. The predicted octanol–water partition coefficient (Wildman–Crippen LogP) is 2.76. The van der Waals surface area contributed by atoms with Crippen LogP contribution in [-0.2, 0) is 4.79 Å². The number of nitrogens with zero attached hydrogens (tertiary/aromatic N) is 2. The van der Waals surface area contributed by atoms with Crippen molar-refractivity contribution in [2.75, 3.05) is 17.2 Å². The normalized spacial score (nSPS) is 13.4. The van der Waals surface area contributed by atoms with Crippen LogP contribution in [0.4, 0.5) is 20.7 Å². The molecule has 8 heteroatoms. The Bertz CT molecular complexity index is 757. The Morgan fingerprint density at radius 1 is 1.33 bits per heavy atom. The lowest BCUT2D eigenvalue weighted by Gasteiger charge is -2.22. The first-order chi connectivity index (χ1) is 11.5. The first-order valence-corrected chi connectivity index (χ1v) is 7.58. The van der Waals surface area contributed by atoms with Crippen molar-refractivity contribution in [3.8, 4) is 0 Å². The highest BCUT2D eigenvalue weighted by molar-refractivity contribution is 5.96. The van der Waals surface area contributed by atoms with Crippen LogP contribution in [0.25, 0.3) is 0 Å². The van der Waals surface area contributed by atoms with Crippen LogP contribution in [0.3, 0.4) is 0 Å². The molecule has 1 aliphatic rings. The van der Waals surface area contributed by atoms with Crippen LogP contribution in [0.15, 0.2) is 34.9 Å². The molecule has 1 heterocycles. The fourth-order valence-electron chi connectivity index (χ4n) is 2.26. The van der Waals surface area contributed by atoms with Gasteiger partial charge < -0.3 is 20.1 Å². The second-order valence-corrected chi connectivity index (χ2v) is 5.64. The van der Waals surface area contributed by atoms with Gasteiger partial charge in [-0.2, -0.15) is 0 Å². The highest BCUT2D eigenvalue weighted by Crippen LogP contribution is 2.27. The van der Waals surface area contributed by atoms with Crippen molar-refractivity contribution in [2.45, 2.75) is 25.8 Å². The summed E-state index contributed by atoms with van der Waals surface area (Å²) >= 11 is 0. The van der Waals surface area contributed by atoms with E-state index < -0.39 is 11.8 Å². The largest absolute Gasteiger partial charge is 0.360 e. The van der Waals surface area contributed by atoms with Gasteiger partial charge in [0.05, 0.1) is 5.69 Å². The first kappa shape index (κ1) is 16.0. The molecule has 24 heavy (non-hydrogen) atoms. The van der Waals surface area contributed by atoms with Crippen molar-refractivity contribution in [2.24, 2.45) is 0 Å². The number of halogens is 1. The SMILES string of the molecule is Cc1cc(NC(=O)CN(C(=O)Nc2ccccc2F)C2CC2)no1. The number of benzene rings is 1. The second kappa shape index (κ2) is 6.69. The maximum absolute atomic E-state index is 13.7. The standard InChI is InChI=1S/C16H17FN4O3/c1-10-8-14(20-24-10)19-15(22)9-21(11-6-7-11)16(23)18-13-5-3-2-4-12(13)17/h2-5,8,11H,6-7,9H2,1H3,(H,18,23)(H,19,20,22). The number of hydrogen-bond donors (Lipinski definition) is 2. The van der Waals surface area contributed by atoms with Gasteiger partial charge in [0.1, 0.15) is 18.1 Å². The minimum Gasteiger partial charge on any atom is -0.360 e. The summed E-state index contributed by atoms with van der Waals surface area (Å²) in [5.41, 5.74) is 0.0840. The quantitative estimate of drug-likeness (QED) is 0.881. The number of nitrogens with one attached hydrogen (secondary N) is 2. The molecule has 1 aromatic heterocycles. The topological polar surface area (TPSA) is 87.5 Å². The fraction of sp³-hybridized carbons (Fsp3) is 0.312. The number of carbonyl (C=O) groups is 2. The molecule has 2 aromatic rings. The van der Waals surface area contributed by atoms with Crippen LogP contribution < -0.4 is 10.6 Å². The van der Waals surface area contributed by atoms with E-state index in [2.05, 4.69) is 15.8 Å². The van der Waals surface area contributed by atoms with Crippen molar-refractivity contribution in [3.63, 3.8) is 0 Å². The summed E-state index contributed by atoms with van der Waals surface area (Å²) in [7, 11) is 0. The molecule has 0 spiro atoms. The van der Waals surface area contributed by atoms with Crippen LogP contribution >= 0.6 is 0 Å². The van der Waals surface area contributed by atoms with Gasteiger partial charge in [0.2, 0.25) is 5.91 Å². The molecule has 1 aromatic carbocycles. The number of aromatic nitrogens is 1. The van der Waals surface area contributed by atoms with E-state index in [-0.39, 0.29) is 24.2 Å². The lowest BCUT2D eigenvalue weighted by Crippen LogP contribution is -2.42. The minimum atomic E-state index is -0.524. The Morgan fingerprint density at radius 3 is 2.71 bits per heavy atom. The molecular formula is C16H17FN4O3. The van der Waals surface area contributed by atoms with Crippen LogP contribution in [0.1, 0.15) is 18.6 Å². The number of para-hydroxylation sites is 1. The molecule has 7 nitrogen and oxygen atoms in total. The molecule has 1 saturated carbocycles. The van der Waals surface area contributed by atoms with E-state index in [0.717, 1.165) is 12.8 Å². The van der Waals surface area contributed by atoms with Crippen molar-refractivity contribution in [3.05, 3.63) is 41.9 Å². The molecule has 3 amide bonds. The molecule has 1 fully saturated rings. The van der Waals surface area contributed by atoms with Crippen LogP contribution in [0.5, 0.6) is 0 Å². The van der Waals surface area contributed by atoms with Gasteiger partial charge in [0.25, 0.3) is 0 Å². The Morgan fingerprint density at radius 2 is 2.08 bits per heavy atom. The number of rotatable bonds is 5. The maximum atomic E-state index is 13.7. The van der Waals surface area contributed by atoms with Crippen molar-refractivity contribution < 1.29 is 18.5 Å². The zero-order valence-electron chi connectivity index (χ0n) is 13.1. The fourth-order valence-corrected chi connectivity index (χ4v) is 2.26. The number of hydrogen-bond acceptors (Lipinski definition) is 4. The van der Waals surface area contributed by atoms with Crippen LogP contribution in [0, 0.1) is 12.7 Å². The summed E-state index contributed by atoms with van der Waals surface area (Å²) in [5, 5.41) is 8.74. The molecule has 0 saturated heterocycles. The Kier molecular flexibility index (Phi) is 4.45. The molecule has 126 valence electrons. The highest BCUT2D eigenvalue weighted by atomic mass is 19.1. The lowest BCUT2D eigenvalue weighted by molar-refractivity contribution is -0.116. The Labute approximate surface area is 137 Å². The van der Waals surface area contributed by atoms with E-state index >= 15 is 0 Å². The third kappa shape index (κ3) is 3.89. The summed E-state index contributed by atoms with van der Waals surface area (Å²) in [5.74, 6) is -0.0487. The van der Waals surface area contributed by atoms with Gasteiger partial charge in [0, 0.05) is 12.1 Å². The number of amides is 3. The number of carbonyl (C=O) groups excluding carboxylic acids is 2. The summed E-state index contributed by atoms with van der Waals surface area (Å²) < 4.78 is 18.5. The zero-order chi connectivity index (χ0) is 17.1. The van der Waals surface area contributed by atoms with Crippen molar-refractivity contribution in [1.29, 1.82) is 0 Å². The maximum Gasteiger partial charge on any atom is 0.322 e. The van der Waals surface area contributed by atoms with E-state index in [4.69, 9.17) is 4.52 Å². The second-order valence-electron chi connectivity index (χ2n) is 5.64. The molecule has 1 aliphatic carbocycles. The lowest BCUT2D eigenvalue weighted by atomic mass is 10.3. The number of aryl methyl sites for hydroxylation is 1. The predicted molar refractivity (Wildman–Crippen MR) is 85.0 cm³/mol. The van der Waals surface area contributed by atoms with E-state index in [1.54, 1.807) is 19.1 Å². The van der Waals surface area contributed by atoms with Crippen molar-refractivity contribution >= 4 is 23.4 Å². The van der Waals surface area contributed by atoms with E-state index in [0.29, 0.717) is 11.6 Å². The number of anilines is 2. The van der Waals surface area contributed by atoms with Gasteiger partial charge in [-0.05, 0) is 31.9 Å². The summed E-state index contributed by atoms with van der Waals surface area (Å²) in [4.78, 5) is 25.9. The van der Waals surface area contributed by atoms with Gasteiger partial charge in [0.15, 0.2) is 5.82 Å². The zero-order valence-corrected chi connectivity index (χ0v) is 13.1. The summed E-state index contributed by atoms with van der Waals surface area (Å²) in [6.45, 7) is 1.57.